The first kappa shape index (κ1) is 25.0. The number of benzene rings is 1. The van der Waals surface area contributed by atoms with E-state index in [1.807, 2.05) is 26.8 Å². The number of carbonyl (C=O) groups excluding carboxylic acids is 2. The molecule has 0 spiro atoms. The van der Waals surface area contributed by atoms with Crippen molar-refractivity contribution in [1.29, 1.82) is 0 Å². The van der Waals surface area contributed by atoms with Crippen molar-refractivity contribution in [1.82, 2.24) is 16.0 Å². The molecule has 152 valence electrons. The van der Waals surface area contributed by atoms with E-state index in [1.165, 1.54) is 14.2 Å². The molecule has 1 aromatic carbocycles. The van der Waals surface area contributed by atoms with Crippen molar-refractivity contribution in [3.8, 4) is 5.75 Å². The van der Waals surface area contributed by atoms with Gasteiger partial charge < -0.3 is 25.4 Å². The predicted molar refractivity (Wildman–Crippen MR) is 116 cm³/mol. The Morgan fingerprint density at radius 1 is 1.15 bits per heavy atom. The normalized spacial score (nSPS) is 11.1. The Hall–Kier alpha value is -2.04. The Kier molecular flexibility index (Phi) is 10.7. The monoisotopic (exact) mass is 492 g/mol. The molecule has 0 atom stereocenters. The van der Waals surface area contributed by atoms with Gasteiger partial charge in [0.15, 0.2) is 5.96 Å². The van der Waals surface area contributed by atoms with Gasteiger partial charge in [-0.15, -0.1) is 24.0 Å². The second-order valence-corrected chi connectivity index (χ2v) is 6.60. The molecule has 1 rings (SSSR count). The molecule has 3 N–H and O–H groups in total. The zero-order chi connectivity index (χ0) is 19.7. The number of amides is 1. The molecule has 0 heterocycles. The first-order valence-corrected chi connectivity index (χ1v) is 8.21. The number of guanidine groups is 1. The van der Waals surface area contributed by atoms with E-state index in [4.69, 9.17) is 9.47 Å². The summed E-state index contributed by atoms with van der Waals surface area (Å²) in [4.78, 5) is 27.8. The maximum absolute atomic E-state index is 11.9. The van der Waals surface area contributed by atoms with Gasteiger partial charge in [0.1, 0.15) is 11.3 Å². The van der Waals surface area contributed by atoms with Crippen LogP contribution in [-0.2, 0) is 16.1 Å². The fraction of sp³-hybridized carbons (Fsp3) is 0.500. The number of aliphatic imine (C=N–C) groups is 1. The molecule has 0 saturated heterocycles. The van der Waals surface area contributed by atoms with Gasteiger partial charge in [0.2, 0.25) is 5.91 Å². The highest BCUT2D eigenvalue weighted by Gasteiger charge is 2.15. The van der Waals surface area contributed by atoms with E-state index in [9.17, 15) is 9.59 Å². The molecule has 0 radical (unpaired) electrons. The van der Waals surface area contributed by atoms with E-state index in [0.717, 1.165) is 5.56 Å². The standard InChI is InChI=1S/C18H28N4O4.HI/c1-18(2,3)22-15(23)11-21-17(19-4)20-10-12-7-8-14(25-5)13(9-12)16(24)26-6;/h7-9H,10-11H2,1-6H3,(H,22,23)(H2,19,20,21);1H. The van der Waals surface area contributed by atoms with Gasteiger partial charge in [0, 0.05) is 19.1 Å². The molecule has 0 aliphatic rings. The fourth-order valence-electron chi connectivity index (χ4n) is 2.17. The summed E-state index contributed by atoms with van der Waals surface area (Å²) in [5.41, 5.74) is 0.901. The van der Waals surface area contributed by atoms with Crippen LogP contribution in [0.25, 0.3) is 0 Å². The number of esters is 1. The van der Waals surface area contributed by atoms with Crippen LogP contribution in [0.1, 0.15) is 36.7 Å². The average Bonchev–Trinajstić information content (AvgIpc) is 2.59. The highest BCUT2D eigenvalue weighted by Crippen LogP contribution is 2.20. The summed E-state index contributed by atoms with van der Waals surface area (Å²) in [5, 5.41) is 8.90. The fourth-order valence-corrected chi connectivity index (χ4v) is 2.17. The molecular formula is C18H29IN4O4. The third-order valence-corrected chi connectivity index (χ3v) is 3.28. The Morgan fingerprint density at radius 2 is 1.81 bits per heavy atom. The Bertz CT molecular complexity index is 672. The predicted octanol–water partition coefficient (Wildman–Crippen LogP) is 1.68. The lowest BCUT2D eigenvalue weighted by molar-refractivity contribution is -0.121. The molecule has 0 unspecified atom stereocenters. The number of nitrogens with one attached hydrogen (secondary N) is 3. The molecule has 0 aromatic heterocycles. The quantitative estimate of drug-likeness (QED) is 0.242. The molecule has 0 aliphatic heterocycles. The van der Waals surface area contributed by atoms with Crippen molar-refractivity contribution in [2.24, 2.45) is 4.99 Å². The Labute approximate surface area is 177 Å². The molecule has 1 amide bonds. The molecule has 0 bridgehead atoms. The summed E-state index contributed by atoms with van der Waals surface area (Å²) >= 11 is 0. The highest BCUT2D eigenvalue weighted by molar-refractivity contribution is 14.0. The zero-order valence-corrected chi connectivity index (χ0v) is 19.0. The van der Waals surface area contributed by atoms with Crippen LogP contribution in [0.15, 0.2) is 23.2 Å². The minimum absolute atomic E-state index is 0. The lowest BCUT2D eigenvalue weighted by atomic mass is 10.1. The molecule has 8 nitrogen and oxygen atoms in total. The SMILES string of the molecule is CN=C(NCC(=O)NC(C)(C)C)NCc1ccc(OC)c(C(=O)OC)c1.I. The third kappa shape index (κ3) is 8.94. The topological polar surface area (TPSA) is 101 Å². The Balaban J connectivity index is 0.00000676. The number of carbonyl (C=O) groups is 2. The summed E-state index contributed by atoms with van der Waals surface area (Å²) in [7, 11) is 4.43. The minimum atomic E-state index is -0.468. The summed E-state index contributed by atoms with van der Waals surface area (Å²) < 4.78 is 9.94. The minimum Gasteiger partial charge on any atom is -0.496 e. The van der Waals surface area contributed by atoms with Crippen LogP contribution >= 0.6 is 24.0 Å². The molecule has 0 fully saturated rings. The van der Waals surface area contributed by atoms with Crippen LogP contribution in [-0.4, -0.2) is 51.2 Å². The molecular weight excluding hydrogens is 463 g/mol. The van der Waals surface area contributed by atoms with Gasteiger partial charge in [-0.3, -0.25) is 9.79 Å². The van der Waals surface area contributed by atoms with Crippen molar-refractivity contribution >= 4 is 41.8 Å². The highest BCUT2D eigenvalue weighted by atomic mass is 127. The molecule has 9 heteroatoms. The smallest absolute Gasteiger partial charge is 0.341 e. The second-order valence-electron chi connectivity index (χ2n) is 6.60. The summed E-state index contributed by atoms with van der Waals surface area (Å²) in [5.74, 6) is 0.328. The number of rotatable bonds is 6. The average molecular weight is 492 g/mol. The summed E-state index contributed by atoms with van der Waals surface area (Å²) in [6.07, 6.45) is 0. The van der Waals surface area contributed by atoms with E-state index in [1.54, 1.807) is 19.2 Å². The van der Waals surface area contributed by atoms with Gasteiger partial charge in [-0.25, -0.2) is 4.79 Å². The van der Waals surface area contributed by atoms with Crippen LogP contribution in [0.4, 0.5) is 0 Å². The second kappa shape index (κ2) is 11.6. The third-order valence-electron chi connectivity index (χ3n) is 3.28. The molecule has 0 aliphatic carbocycles. The van der Waals surface area contributed by atoms with Gasteiger partial charge in [0.05, 0.1) is 20.8 Å². The molecule has 1 aromatic rings. The van der Waals surface area contributed by atoms with Crippen LogP contribution in [0.5, 0.6) is 5.75 Å². The largest absolute Gasteiger partial charge is 0.496 e. The van der Waals surface area contributed by atoms with Crippen molar-refractivity contribution in [3.63, 3.8) is 0 Å². The van der Waals surface area contributed by atoms with Crippen LogP contribution in [0.2, 0.25) is 0 Å². The van der Waals surface area contributed by atoms with Crippen molar-refractivity contribution in [2.75, 3.05) is 27.8 Å². The lowest BCUT2D eigenvalue weighted by Crippen LogP contribution is -2.48. The Morgan fingerprint density at radius 3 is 2.33 bits per heavy atom. The maximum atomic E-state index is 11.9. The van der Waals surface area contributed by atoms with E-state index in [2.05, 4.69) is 20.9 Å². The lowest BCUT2D eigenvalue weighted by Gasteiger charge is -2.21. The van der Waals surface area contributed by atoms with Crippen molar-refractivity contribution in [2.45, 2.75) is 32.9 Å². The van der Waals surface area contributed by atoms with Crippen LogP contribution < -0.4 is 20.7 Å². The summed E-state index contributed by atoms with van der Waals surface area (Å²) in [6, 6.07) is 5.23. The van der Waals surface area contributed by atoms with E-state index >= 15 is 0 Å². The van der Waals surface area contributed by atoms with Gasteiger partial charge in [0.25, 0.3) is 0 Å². The van der Waals surface area contributed by atoms with Crippen molar-refractivity contribution in [3.05, 3.63) is 29.3 Å². The number of hydrogen-bond donors (Lipinski definition) is 3. The zero-order valence-electron chi connectivity index (χ0n) is 16.6. The van der Waals surface area contributed by atoms with Gasteiger partial charge in [-0.2, -0.15) is 0 Å². The van der Waals surface area contributed by atoms with Gasteiger partial charge >= 0.3 is 5.97 Å². The van der Waals surface area contributed by atoms with Crippen LogP contribution in [0, 0.1) is 0 Å². The maximum Gasteiger partial charge on any atom is 0.341 e. The molecule has 27 heavy (non-hydrogen) atoms. The van der Waals surface area contributed by atoms with Gasteiger partial charge in [-0.05, 0) is 38.5 Å². The first-order chi connectivity index (χ1) is 12.2. The number of methoxy groups -OCH3 is 2. The van der Waals surface area contributed by atoms with E-state index in [-0.39, 0.29) is 42.0 Å². The van der Waals surface area contributed by atoms with Gasteiger partial charge in [-0.1, -0.05) is 6.07 Å². The number of hydrogen-bond acceptors (Lipinski definition) is 5. The first-order valence-electron chi connectivity index (χ1n) is 8.21. The van der Waals surface area contributed by atoms with E-state index in [0.29, 0.717) is 23.8 Å². The van der Waals surface area contributed by atoms with Crippen LogP contribution in [0.3, 0.4) is 0 Å². The molecule has 0 saturated carbocycles. The van der Waals surface area contributed by atoms with Crippen molar-refractivity contribution < 1.29 is 19.1 Å². The summed E-state index contributed by atoms with van der Waals surface area (Å²) in [6.45, 7) is 6.27. The van der Waals surface area contributed by atoms with E-state index < -0.39 is 5.97 Å². The number of halogens is 1. The number of nitrogens with zero attached hydrogens (tertiary/aromatic N) is 1. The number of ether oxygens (including phenoxy) is 2.